The smallest absolute Gasteiger partial charge is 0.258 e. The van der Waals surface area contributed by atoms with Gasteiger partial charge < -0.3 is 10.2 Å². The zero-order chi connectivity index (χ0) is 21.4. The highest BCUT2D eigenvalue weighted by atomic mass is 32.1. The van der Waals surface area contributed by atoms with Gasteiger partial charge in [-0.1, -0.05) is 18.2 Å². The summed E-state index contributed by atoms with van der Waals surface area (Å²) in [7, 11) is 0. The van der Waals surface area contributed by atoms with E-state index < -0.39 is 0 Å². The lowest BCUT2D eigenvalue weighted by molar-refractivity contribution is 0.0984. The normalized spacial score (nSPS) is 12.6. The van der Waals surface area contributed by atoms with Crippen molar-refractivity contribution in [2.45, 2.75) is 20.0 Å². The van der Waals surface area contributed by atoms with Crippen LogP contribution in [0.15, 0.2) is 72.2 Å². The van der Waals surface area contributed by atoms with Crippen molar-refractivity contribution in [2.75, 3.05) is 10.2 Å². The summed E-state index contributed by atoms with van der Waals surface area (Å²) in [6.07, 6.45) is 1.77. The molecule has 1 N–H and O–H groups in total. The number of benzene rings is 2. The molecule has 0 unspecified atom stereocenters. The van der Waals surface area contributed by atoms with Crippen molar-refractivity contribution in [3.63, 3.8) is 0 Å². The van der Waals surface area contributed by atoms with Crippen molar-refractivity contribution in [2.24, 2.45) is 0 Å². The van der Waals surface area contributed by atoms with Crippen LogP contribution in [0.25, 0.3) is 0 Å². The number of aromatic nitrogens is 2. The van der Waals surface area contributed by atoms with Crippen molar-refractivity contribution in [1.82, 2.24) is 9.78 Å². The van der Waals surface area contributed by atoms with E-state index in [1.165, 1.54) is 0 Å². The Labute approximate surface area is 183 Å². The van der Waals surface area contributed by atoms with Crippen LogP contribution in [0.3, 0.4) is 0 Å². The number of nitrogens with one attached hydrogen (secondary N) is 1. The first-order chi connectivity index (χ1) is 15.1. The maximum atomic E-state index is 13.4. The predicted octanol–water partition coefficient (Wildman–Crippen LogP) is 4.71. The Kier molecular flexibility index (Phi) is 4.88. The predicted molar refractivity (Wildman–Crippen MR) is 122 cm³/mol. The Morgan fingerprint density at radius 2 is 1.81 bits per heavy atom. The van der Waals surface area contributed by atoms with Gasteiger partial charge in [-0.15, -0.1) is 11.3 Å². The summed E-state index contributed by atoms with van der Waals surface area (Å²) in [5.41, 5.74) is 4.69. The van der Waals surface area contributed by atoms with Gasteiger partial charge in [-0.25, -0.2) is 0 Å². The molecule has 4 aromatic rings. The van der Waals surface area contributed by atoms with E-state index in [0.29, 0.717) is 29.9 Å². The number of hydrogen-bond donors (Lipinski definition) is 1. The maximum absolute atomic E-state index is 13.4. The molecule has 2 aromatic carbocycles. The van der Waals surface area contributed by atoms with Crippen molar-refractivity contribution >= 4 is 34.5 Å². The first kappa shape index (κ1) is 19.3. The third-order valence-corrected chi connectivity index (χ3v) is 6.35. The van der Waals surface area contributed by atoms with Gasteiger partial charge in [0.15, 0.2) is 0 Å². The van der Waals surface area contributed by atoms with Gasteiger partial charge in [0, 0.05) is 27.9 Å². The van der Waals surface area contributed by atoms with E-state index >= 15 is 0 Å². The number of fused-ring (bicyclic) bond motifs is 2. The molecule has 0 aliphatic carbocycles. The molecular formula is C24H20N4O2S. The summed E-state index contributed by atoms with van der Waals surface area (Å²) in [6.45, 7) is 3.04. The van der Waals surface area contributed by atoms with Gasteiger partial charge in [0.05, 0.1) is 24.5 Å². The van der Waals surface area contributed by atoms with E-state index in [9.17, 15) is 9.59 Å². The third kappa shape index (κ3) is 3.64. The van der Waals surface area contributed by atoms with E-state index in [4.69, 9.17) is 0 Å². The average molecular weight is 429 g/mol. The minimum atomic E-state index is -0.166. The molecule has 0 bridgehead atoms. The number of hydrogen-bond acceptors (Lipinski definition) is 4. The molecule has 0 fully saturated rings. The molecule has 7 heteroatoms. The molecule has 6 nitrogen and oxygen atoms in total. The first-order valence-electron chi connectivity index (χ1n) is 9.96. The van der Waals surface area contributed by atoms with E-state index in [2.05, 4.69) is 10.4 Å². The molecule has 31 heavy (non-hydrogen) atoms. The molecule has 0 atom stereocenters. The number of nitrogens with zero attached hydrogens (tertiary/aromatic N) is 3. The van der Waals surface area contributed by atoms with Crippen LogP contribution in [-0.4, -0.2) is 21.6 Å². The SMILES string of the molecule is Cc1ccccc1C(=O)Nc1ccc(C(=O)N2Cc3ccnn3Cc3sccc32)cc1. The molecule has 0 radical (unpaired) electrons. The van der Waals surface area contributed by atoms with Gasteiger partial charge in [-0.05, 0) is 60.3 Å². The van der Waals surface area contributed by atoms with Gasteiger partial charge in [0.2, 0.25) is 0 Å². The number of carbonyl (C=O) groups is 2. The summed E-state index contributed by atoms with van der Waals surface area (Å²) < 4.78 is 1.94. The Morgan fingerprint density at radius 1 is 1.00 bits per heavy atom. The summed E-state index contributed by atoms with van der Waals surface area (Å²) in [4.78, 5) is 28.8. The van der Waals surface area contributed by atoms with Crippen LogP contribution in [-0.2, 0) is 13.1 Å². The monoisotopic (exact) mass is 428 g/mol. The molecule has 0 saturated heterocycles. The molecule has 3 heterocycles. The summed E-state index contributed by atoms with van der Waals surface area (Å²) in [6, 6.07) is 18.4. The van der Waals surface area contributed by atoms with Gasteiger partial charge in [0.1, 0.15) is 0 Å². The van der Waals surface area contributed by atoms with Crippen molar-refractivity contribution in [3.05, 3.63) is 99.5 Å². The van der Waals surface area contributed by atoms with Crippen LogP contribution in [0.4, 0.5) is 11.4 Å². The molecular weight excluding hydrogens is 408 g/mol. The van der Waals surface area contributed by atoms with Crippen LogP contribution < -0.4 is 10.2 Å². The highest BCUT2D eigenvalue weighted by Crippen LogP contribution is 2.32. The van der Waals surface area contributed by atoms with E-state index in [0.717, 1.165) is 21.8 Å². The average Bonchev–Trinajstić information content (AvgIpc) is 3.39. The molecule has 1 aliphatic heterocycles. The minimum absolute atomic E-state index is 0.0777. The Morgan fingerprint density at radius 3 is 2.61 bits per heavy atom. The third-order valence-electron chi connectivity index (χ3n) is 5.46. The molecule has 0 saturated carbocycles. The number of anilines is 2. The number of aryl methyl sites for hydroxylation is 1. The highest BCUT2D eigenvalue weighted by molar-refractivity contribution is 7.10. The van der Waals surface area contributed by atoms with Crippen LogP contribution in [0.1, 0.15) is 36.9 Å². The molecule has 154 valence electrons. The zero-order valence-corrected chi connectivity index (χ0v) is 17.7. The van der Waals surface area contributed by atoms with Crippen LogP contribution >= 0.6 is 11.3 Å². The summed E-state index contributed by atoms with van der Waals surface area (Å²) in [5, 5.41) is 9.28. The fourth-order valence-electron chi connectivity index (χ4n) is 3.77. The summed E-state index contributed by atoms with van der Waals surface area (Å²) >= 11 is 1.63. The fourth-order valence-corrected chi connectivity index (χ4v) is 4.63. The van der Waals surface area contributed by atoms with Crippen molar-refractivity contribution < 1.29 is 9.59 Å². The number of carbonyl (C=O) groups excluding carboxylic acids is 2. The highest BCUT2D eigenvalue weighted by Gasteiger charge is 2.26. The van der Waals surface area contributed by atoms with Crippen LogP contribution in [0.2, 0.25) is 0 Å². The minimum Gasteiger partial charge on any atom is -0.322 e. The van der Waals surface area contributed by atoms with Crippen molar-refractivity contribution in [3.8, 4) is 0 Å². The number of amides is 2. The summed E-state index contributed by atoms with van der Waals surface area (Å²) in [5.74, 6) is -0.244. The van der Waals surface area contributed by atoms with Gasteiger partial charge >= 0.3 is 0 Å². The van der Waals surface area contributed by atoms with Gasteiger partial charge in [-0.2, -0.15) is 5.10 Å². The second-order valence-corrected chi connectivity index (χ2v) is 8.45. The quantitative estimate of drug-likeness (QED) is 0.514. The fraction of sp³-hybridized carbons (Fsp3) is 0.125. The van der Waals surface area contributed by atoms with Gasteiger partial charge in [0.25, 0.3) is 11.8 Å². The van der Waals surface area contributed by atoms with Crippen molar-refractivity contribution in [1.29, 1.82) is 0 Å². The Hall–Kier alpha value is -3.71. The molecule has 0 spiro atoms. The Bertz CT molecular complexity index is 1270. The zero-order valence-electron chi connectivity index (χ0n) is 16.9. The number of rotatable bonds is 3. The van der Waals surface area contributed by atoms with E-state index in [1.807, 2.05) is 47.3 Å². The maximum Gasteiger partial charge on any atom is 0.258 e. The molecule has 1 aliphatic rings. The lowest BCUT2D eigenvalue weighted by Gasteiger charge is -2.21. The van der Waals surface area contributed by atoms with Crippen LogP contribution in [0, 0.1) is 6.92 Å². The van der Waals surface area contributed by atoms with Gasteiger partial charge in [-0.3, -0.25) is 14.3 Å². The first-order valence-corrected chi connectivity index (χ1v) is 10.8. The molecule has 5 rings (SSSR count). The lowest BCUT2D eigenvalue weighted by Crippen LogP contribution is -2.30. The van der Waals surface area contributed by atoms with E-state index in [-0.39, 0.29) is 11.8 Å². The second-order valence-electron chi connectivity index (χ2n) is 7.45. The standard InChI is InChI=1S/C24H20N4O2S/c1-16-4-2-3-5-20(16)23(29)26-18-8-6-17(7-9-18)24(30)27-14-19-10-12-25-28(19)15-22-21(27)11-13-31-22/h2-13H,14-15H2,1H3,(H,26,29). The Balaban J connectivity index is 1.37. The van der Waals surface area contributed by atoms with Crippen LogP contribution in [0.5, 0.6) is 0 Å². The molecule has 2 aromatic heterocycles. The largest absolute Gasteiger partial charge is 0.322 e. The number of thiophene rings is 1. The topological polar surface area (TPSA) is 67.2 Å². The lowest BCUT2D eigenvalue weighted by atomic mass is 10.1. The van der Waals surface area contributed by atoms with E-state index in [1.54, 1.807) is 52.8 Å². The molecule has 2 amide bonds. The second kappa shape index (κ2) is 7.85.